The average Bonchev–Trinajstić information content (AvgIpc) is 2.70. The molecule has 2 nitrogen and oxygen atoms in total. The summed E-state index contributed by atoms with van der Waals surface area (Å²) >= 11 is 0. The monoisotopic (exact) mass is 226 g/mol. The van der Waals surface area contributed by atoms with E-state index >= 15 is 0 Å². The number of hydrogen-bond donors (Lipinski definition) is 1. The molecule has 2 aromatic rings. The Kier molecular flexibility index (Phi) is 3.85. The maximum absolute atomic E-state index is 3.22. The topological polar surface area (TPSA) is 17.0 Å². The average molecular weight is 226 g/mol. The zero-order valence-electron chi connectivity index (χ0n) is 10.5. The summed E-state index contributed by atoms with van der Waals surface area (Å²) in [6.45, 7) is 3.76. The van der Waals surface area contributed by atoms with E-state index in [1.165, 1.54) is 16.5 Å². The van der Waals surface area contributed by atoms with E-state index in [1.54, 1.807) is 0 Å². The Morgan fingerprint density at radius 1 is 1.29 bits per heavy atom. The number of fused-ring (bicyclic) bond motifs is 1. The molecule has 0 fully saturated rings. The summed E-state index contributed by atoms with van der Waals surface area (Å²) in [5, 5.41) is 4.55. The number of aryl methyl sites for hydroxylation is 1. The van der Waals surface area contributed by atoms with Crippen molar-refractivity contribution in [2.75, 3.05) is 7.05 Å². The lowest BCUT2D eigenvalue weighted by atomic mass is 10.2. The molecule has 1 aromatic heterocycles. The molecule has 0 unspecified atom stereocenters. The Morgan fingerprint density at radius 3 is 2.88 bits per heavy atom. The second kappa shape index (κ2) is 5.56. The highest BCUT2D eigenvalue weighted by atomic mass is 15.0. The molecule has 2 heteroatoms. The molecule has 0 radical (unpaired) electrons. The van der Waals surface area contributed by atoms with Crippen LogP contribution >= 0.6 is 0 Å². The van der Waals surface area contributed by atoms with Crippen molar-refractivity contribution < 1.29 is 0 Å². The van der Waals surface area contributed by atoms with Gasteiger partial charge in [0.25, 0.3) is 0 Å². The first-order valence-corrected chi connectivity index (χ1v) is 5.97. The highest BCUT2D eigenvalue weighted by molar-refractivity contribution is 5.83. The van der Waals surface area contributed by atoms with Crippen molar-refractivity contribution >= 4 is 10.9 Å². The van der Waals surface area contributed by atoms with E-state index in [1.807, 2.05) is 14.0 Å². The summed E-state index contributed by atoms with van der Waals surface area (Å²) in [6.07, 6.45) is 3.15. The van der Waals surface area contributed by atoms with Gasteiger partial charge in [0.05, 0.1) is 0 Å². The van der Waals surface area contributed by atoms with Crippen LogP contribution in [-0.2, 0) is 13.1 Å². The predicted molar refractivity (Wildman–Crippen MR) is 72.8 cm³/mol. The normalized spacial score (nSPS) is 10.2. The van der Waals surface area contributed by atoms with Crippen molar-refractivity contribution in [3.05, 3.63) is 36.0 Å². The molecule has 0 saturated carbocycles. The van der Waals surface area contributed by atoms with E-state index in [-0.39, 0.29) is 0 Å². The fourth-order valence-electron chi connectivity index (χ4n) is 2.14. The zero-order chi connectivity index (χ0) is 12.1. The number of nitrogens with zero attached hydrogens (tertiary/aromatic N) is 1. The smallest absolute Gasteiger partial charge is 0.0483 e. The molecule has 0 saturated heterocycles. The Bertz CT molecular complexity index is 555. The van der Waals surface area contributed by atoms with Gasteiger partial charge in [0.15, 0.2) is 0 Å². The molecule has 0 bridgehead atoms. The van der Waals surface area contributed by atoms with Crippen molar-refractivity contribution in [1.29, 1.82) is 0 Å². The quantitative estimate of drug-likeness (QED) is 0.793. The van der Waals surface area contributed by atoms with Crippen LogP contribution in [0.15, 0.2) is 30.5 Å². The standard InChI is InChI=1S/C15H18N2/c1-3-4-7-10-17-12-13(11-16-2)14-8-5-6-9-15(14)17/h5-6,8-9,12,16H,7,10-11H2,1-2H3. The number of para-hydroxylation sites is 1. The van der Waals surface area contributed by atoms with Crippen LogP contribution in [0.5, 0.6) is 0 Å². The molecule has 0 aliphatic rings. The highest BCUT2D eigenvalue weighted by Gasteiger charge is 2.06. The van der Waals surface area contributed by atoms with Crippen molar-refractivity contribution in [2.24, 2.45) is 0 Å². The zero-order valence-corrected chi connectivity index (χ0v) is 10.5. The van der Waals surface area contributed by atoms with Gasteiger partial charge in [0, 0.05) is 36.6 Å². The van der Waals surface area contributed by atoms with Crippen molar-refractivity contribution in [1.82, 2.24) is 9.88 Å². The molecule has 0 amide bonds. The second-order valence-electron chi connectivity index (χ2n) is 4.07. The Morgan fingerprint density at radius 2 is 2.12 bits per heavy atom. The van der Waals surface area contributed by atoms with Crippen LogP contribution in [0, 0.1) is 11.8 Å². The minimum absolute atomic E-state index is 0.910. The highest BCUT2D eigenvalue weighted by Crippen LogP contribution is 2.21. The predicted octanol–water partition coefficient (Wildman–Crippen LogP) is 2.77. The summed E-state index contributed by atoms with van der Waals surface area (Å²) in [7, 11) is 1.98. The largest absolute Gasteiger partial charge is 0.346 e. The van der Waals surface area contributed by atoms with E-state index in [2.05, 4.69) is 52.2 Å². The summed E-state index contributed by atoms with van der Waals surface area (Å²) in [5.74, 6) is 6.06. The number of rotatable bonds is 4. The van der Waals surface area contributed by atoms with Gasteiger partial charge in [-0.15, -0.1) is 11.8 Å². The lowest BCUT2D eigenvalue weighted by Crippen LogP contribution is -2.04. The van der Waals surface area contributed by atoms with Crippen LogP contribution in [0.25, 0.3) is 10.9 Å². The van der Waals surface area contributed by atoms with E-state index in [9.17, 15) is 0 Å². The Hall–Kier alpha value is -1.72. The first-order valence-electron chi connectivity index (χ1n) is 5.97. The van der Waals surface area contributed by atoms with Gasteiger partial charge in [-0.1, -0.05) is 18.2 Å². The van der Waals surface area contributed by atoms with Gasteiger partial charge < -0.3 is 9.88 Å². The summed E-state index contributed by atoms with van der Waals surface area (Å²) in [4.78, 5) is 0. The van der Waals surface area contributed by atoms with Crippen LogP contribution in [0.3, 0.4) is 0 Å². The van der Waals surface area contributed by atoms with Gasteiger partial charge in [0.1, 0.15) is 0 Å². The molecule has 1 N–H and O–H groups in total. The van der Waals surface area contributed by atoms with Crippen LogP contribution in [0.2, 0.25) is 0 Å². The SMILES string of the molecule is CC#CCCn1cc(CNC)c2ccccc21. The van der Waals surface area contributed by atoms with Crippen molar-refractivity contribution in [3.63, 3.8) is 0 Å². The van der Waals surface area contributed by atoms with Gasteiger partial charge in [0.2, 0.25) is 0 Å². The number of benzene rings is 1. The molecular weight excluding hydrogens is 208 g/mol. The minimum Gasteiger partial charge on any atom is -0.346 e. The van der Waals surface area contributed by atoms with Crippen LogP contribution < -0.4 is 5.32 Å². The van der Waals surface area contributed by atoms with Crippen LogP contribution in [0.4, 0.5) is 0 Å². The first kappa shape index (κ1) is 11.8. The summed E-state index contributed by atoms with van der Waals surface area (Å²) in [5.41, 5.74) is 2.66. The lowest BCUT2D eigenvalue weighted by molar-refractivity contribution is 0.738. The molecule has 17 heavy (non-hydrogen) atoms. The molecule has 0 aliphatic carbocycles. The second-order valence-corrected chi connectivity index (χ2v) is 4.07. The van der Waals surface area contributed by atoms with Gasteiger partial charge >= 0.3 is 0 Å². The summed E-state index contributed by atoms with van der Waals surface area (Å²) in [6, 6.07) is 8.54. The van der Waals surface area contributed by atoms with Gasteiger partial charge in [-0.2, -0.15) is 0 Å². The molecule has 2 rings (SSSR count). The van der Waals surface area contributed by atoms with Crippen molar-refractivity contribution in [2.45, 2.75) is 26.4 Å². The van der Waals surface area contributed by atoms with Crippen LogP contribution in [-0.4, -0.2) is 11.6 Å². The Labute approximate surface area is 103 Å². The first-order chi connectivity index (χ1) is 8.36. The fourth-order valence-corrected chi connectivity index (χ4v) is 2.14. The van der Waals surface area contributed by atoms with E-state index in [0.717, 1.165) is 19.5 Å². The van der Waals surface area contributed by atoms with Crippen LogP contribution in [0.1, 0.15) is 18.9 Å². The number of hydrogen-bond acceptors (Lipinski definition) is 1. The van der Waals surface area contributed by atoms with Gasteiger partial charge in [-0.05, 0) is 25.6 Å². The Balaban J connectivity index is 2.36. The van der Waals surface area contributed by atoms with Gasteiger partial charge in [-0.25, -0.2) is 0 Å². The number of nitrogens with one attached hydrogen (secondary N) is 1. The molecule has 0 aliphatic heterocycles. The summed E-state index contributed by atoms with van der Waals surface area (Å²) < 4.78 is 2.30. The molecule has 88 valence electrons. The third-order valence-corrected chi connectivity index (χ3v) is 2.89. The molecule has 0 atom stereocenters. The van der Waals surface area contributed by atoms with E-state index in [4.69, 9.17) is 0 Å². The lowest BCUT2D eigenvalue weighted by Gasteiger charge is -2.01. The molecule has 1 heterocycles. The third-order valence-electron chi connectivity index (χ3n) is 2.89. The van der Waals surface area contributed by atoms with Crippen molar-refractivity contribution in [3.8, 4) is 11.8 Å². The van der Waals surface area contributed by atoms with E-state index < -0.39 is 0 Å². The minimum atomic E-state index is 0.910. The fraction of sp³-hybridized carbons (Fsp3) is 0.333. The van der Waals surface area contributed by atoms with E-state index in [0.29, 0.717) is 0 Å². The molecule has 0 spiro atoms. The maximum Gasteiger partial charge on any atom is 0.0483 e. The van der Waals surface area contributed by atoms with Gasteiger partial charge in [-0.3, -0.25) is 0 Å². The number of aromatic nitrogens is 1. The maximum atomic E-state index is 3.22. The third kappa shape index (κ3) is 2.51. The molecule has 1 aromatic carbocycles. The molecular formula is C15H18N2.